The molecule has 2 N–H and O–H groups in total. The van der Waals surface area contributed by atoms with Crippen molar-refractivity contribution in [3.05, 3.63) is 24.3 Å². The molecule has 1 aromatic rings. The van der Waals surface area contributed by atoms with Gasteiger partial charge >= 0.3 is 10.2 Å². The summed E-state index contributed by atoms with van der Waals surface area (Å²) < 4.78 is 33.5. The number of carbonyl (C=O) groups excluding carboxylic acids is 1. The number of aliphatic hydroxyl groups is 1. The zero-order valence-electron chi connectivity index (χ0n) is 8.18. The predicted octanol–water partition coefficient (Wildman–Crippen LogP) is 0.666. The van der Waals surface area contributed by atoms with Crippen LogP contribution in [0, 0.1) is 0 Å². The second-order valence-electron chi connectivity index (χ2n) is 2.98. The molecule has 16 heavy (non-hydrogen) atoms. The molecule has 1 aromatic carbocycles. The molecular weight excluding hydrogens is 237 g/mol. The molecule has 0 radical (unpaired) electrons. The molecule has 0 aliphatic rings. The Morgan fingerprint density at radius 1 is 1.31 bits per heavy atom. The summed E-state index contributed by atoms with van der Waals surface area (Å²) in [6.07, 6.45) is -0.0524. The van der Waals surface area contributed by atoms with E-state index in [1.165, 1.54) is 12.1 Å². The zero-order valence-corrected chi connectivity index (χ0v) is 9.00. The third-order valence-corrected chi connectivity index (χ3v) is 2.59. The number of anilines is 1. The van der Waals surface area contributed by atoms with E-state index in [2.05, 4.69) is 5.32 Å². The van der Waals surface area contributed by atoms with Crippen LogP contribution in [0.25, 0.3) is 0 Å². The molecule has 0 unspecified atom stereocenters. The van der Waals surface area contributed by atoms with E-state index < -0.39 is 21.0 Å². The Labute approximate surface area is 92.1 Å². The van der Waals surface area contributed by atoms with Crippen LogP contribution in [-0.2, 0) is 15.0 Å². The van der Waals surface area contributed by atoms with Crippen molar-refractivity contribution in [3.8, 4) is 0 Å². The molecule has 0 aromatic heterocycles. The SMILES string of the molecule is O=C(CCO)Nc1ccc(S(=O)(=O)F)cc1. The lowest BCUT2D eigenvalue weighted by molar-refractivity contribution is -0.116. The average Bonchev–Trinajstić information content (AvgIpc) is 2.17. The summed E-state index contributed by atoms with van der Waals surface area (Å²) in [6, 6.07) is 4.62. The Bertz CT molecular complexity index is 469. The molecule has 0 saturated heterocycles. The Hall–Kier alpha value is -1.47. The van der Waals surface area contributed by atoms with Crippen LogP contribution in [0.4, 0.5) is 9.57 Å². The summed E-state index contributed by atoms with van der Waals surface area (Å²) in [5.41, 5.74) is 0.339. The number of halogens is 1. The summed E-state index contributed by atoms with van der Waals surface area (Å²) >= 11 is 0. The maximum atomic E-state index is 12.5. The van der Waals surface area contributed by atoms with Crippen LogP contribution in [0.2, 0.25) is 0 Å². The van der Waals surface area contributed by atoms with Crippen LogP contribution in [0.1, 0.15) is 6.42 Å². The molecule has 0 atom stereocenters. The number of hydrogen-bond donors (Lipinski definition) is 2. The third-order valence-electron chi connectivity index (χ3n) is 1.76. The van der Waals surface area contributed by atoms with Gasteiger partial charge in [-0.3, -0.25) is 4.79 Å². The van der Waals surface area contributed by atoms with Gasteiger partial charge in [0.15, 0.2) is 0 Å². The molecule has 0 saturated carbocycles. The first-order valence-electron chi connectivity index (χ1n) is 4.39. The molecule has 0 aliphatic carbocycles. The minimum atomic E-state index is -4.71. The Morgan fingerprint density at radius 3 is 2.31 bits per heavy atom. The van der Waals surface area contributed by atoms with Gasteiger partial charge in [-0.25, -0.2) is 0 Å². The van der Waals surface area contributed by atoms with Crippen molar-refractivity contribution in [3.63, 3.8) is 0 Å². The van der Waals surface area contributed by atoms with Gasteiger partial charge in [0.05, 0.1) is 17.9 Å². The normalized spacial score (nSPS) is 11.1. The number of hydrogen-bond acceptors (Lipinski definition) is 4. The molecular formula is C9H10FNO4S. The van der Waals surface area contributed by atoms with Gasteiger partial charge in [0.2, 0.25) is 5.91 Å². The van der Waals surface area contributed by atoms with Gasteiger partial charge in [0.25, 0.3) is 0 Å². The third kappa shape index (κ3) is 3.59. The molecule has 0 bridgehead atoms. The molecule has 0 fully saturated rings. The number of amides is 1. The van der Waals surface area contributed by atoms with Gasteiger partial charge in [-0.05, 0) is 24.3 Å². The fraction of sp³-hybridized carbons (Fsp3) is 0.222. The van der Waals surface area contributed by atoms with Crippen LogP contribution in [0.15, 0.2) is 29.2 Å². The lowest BCUT2D eigenvalue weighted by atomic mass is 10.3. The van der Waals surface area contributed by atoms with Crippen molar-refractivity contribution in [2.75, 3.05) is 11.9 Å². The van der Waals surface area contributed by atoms with Crippen molar-refractivity contribution in [2.45, 2.75) is 11.3 Å². The largest absolute Gasteiger partial charge is 0.396 e. The Balaban J connectivity index is 2.76. The van der Waals surface area contributed by atoms with Gasteiger partial charge < -0.3 is 10.4 Å². The van der Waals surface area contributed by atoms with Crippen LogP contribution >= 0.6 is 0 Å². The summed E-state index contributed by atoms with van der Waals surface area (Å²) in [5, 5.41) is 10.9. The van der Waals surface area contributed by atoms with Crippen molar-refractivity contribution in [1.82, 2.24) is 0 Å². The highest BCUT2D eigenvalue weighted by molar-refractivity contribution is 7.86. The summed E-state index contributed by atoms with van der Waals surface area (Å²) in [7, 11) is -4.71. The molecule has 0 heterocycles. The number of benzene rings is 1. The average molecular weight is 247 g/mol. The number of aliphatic hydroxyl groups excluding tert-OH is 1. The summed E-state index contributed by atoms with van der Waals surface area (Å²) in [4.78, 5) is 10.6. The topological polar surface area (TPSA) is 83.5 Å². The van der Waals surface area contributed by atoms with Crippen LogP contribution < -0.4 is 5.32 Å². The lowest BCUT2D eigenvalue weighted by Crippen LogP contribution is -2.12. The Kier molecular flexibility index (Phi) is 3.97. The quantitative estimate of drug-likeness (QED) is 0.766. The maximum absolute atomic E-state index is 12.5. The smallest absolute Gasteiger partial charge is 0.332 e. The monoisotopic (exact) mass is 247 g/mol. The predicted molar refractivity (Wildman–Crippen MR) is 55.1 cm³/mol. The van der Waals surface area contributed by atoms with Crippen molar-refractivity contribution in [2.24, 2.45) is 0 Å². The van der Waals surface area contributed by atoms with E-state index in [1.807, 2.05) is 0 Å². The molecule has 5 nitrogen and oxygen atoms in total. The number of carbonyl (C=O) groups is 1. The van der Waals surface area contributed by atoms with E-state index in [1.54, 1.807) is 0 Å². The highest BCUT2D eigenvalue weighted by Gasteiger charge is 2.11. The van der Waals surface area contributed by atoms with Crippen LogP contribution in [-0.4, -0.2) is 26.0 Å². The molecule has 1 rings (SSSR count). The van der Waals surface area contributed by atoms with Crippen molar-refractivity contribution in [1.29, 1.82) is 0 Å². The van der Waals surface area contributed by atoms with E-state index in [9.17, 15) is 17.1 Å². The number of rotatable bonds is 4. The maximum Gasteiger partial charge on any atom is 0.332 e. The van der Waals surface area contributed by atoms with E-state index in [0.717, 1.165) is 12.1 Å². The van der Waals surface area contributed by atoms with Gasteiger partial charge in [0.1, 0.15) is 0 Å². The molecule has 0 spiro atoms. The molecule has 7 heteroatoms. The standard InChI is InChI=1S/C9H10FNO4S/c10-16(14,15)8-3-1-7(2-4-8)11-9(13)5-6-12/h1-4,12H,5-6H2,(H,11,13). The fourth-order valence-electron chi connectivity index (χ4n) is 1.03. The van der Waals surface area contributed by atoms with E-state index in [0.29, 0.717) is 5.69 Å². The Morgan fingerprint density at radius 2 is 1.88 bits per heavy atom. The second-order valence-corrected chi connectivity index (χ2v) is 4.33. The highest BCUT2D eigenvalue weighted by Crippen LogP contribution is 2.15. The minimum absolute atomic E-state index is 0.0524. The van der Waals surface area contributed by atoms with E-state index >= 15 is 0 Å². The van der Waals surface area contributed by atoms with Gasteiger partial charge in [-0.15, -0.1) is 3.89 Å². The first kappa shape index (κ1) is 12.6. The second kappa shape index (κ2) is 5.04. The molecule has 1 amide bonds. The van der Waals surface area contributed by atoms with Gasteiger partial charge in [-0.1, -0.05) is 0 Å². The van der Waals surface area contributed by atoms with Gasteiger partial charge in [-0.2, -0.15) is 8.42 Å². The highest BCUT2D eigenvalue weighted by atomic mass is 32.3. The van der Waals surface area contributed by atoms with Crippen LogP contribution in [0.3, 0.4) is 0 Å². The van der Waals surface area contributed by atoms with Crippen LogP contribution in [0.5, 0.6) is 0 Å². The number of nitrogens with one attached hydrogen (secondary N) is 1. The lowest BCUT2D eigenvalue weighted by Gasteiger charge is -2.03. The first-order valence-corrected chi connectivity index (χ1v) is 5.77. The van der Waals surface area contributed by atoms with E-state index in [-0.39, 0.29) is 13.0 Å². The summed E-state index contributed by atoms with van der Waals surface area (Å²) in [5.74, 6) is -0.404. The van der Waals surface area contributed by atoms with Gasteiger partial charge in [0, 0.05) is 5.69 Å². The van der Waals surface area contributed by atoms with Crippen molar-refractivity contribution >= 4 is 21.8 Å². The fourth-order valence-corrected chi connectivity index (χ4v) is 1.49. The molecule has 0 aliphatic heterocycles. The first-order chi connectivity index (χ1) is 7.43. The molecule has 88 valence electrons. The van der Waals surface area contributed by atoms with E-state index in [4.69, 9.17) is 5.11 Å². The van der Waals surface area contributed by atoms with Crippen molar-refractivity contribution < 1.29 is 22.2 Å². The minimum Gasteiger partial charge on any atom is -0.396 e. The zero-order chi connectivity index (χ0) is 12.2. The summed E-state index contributed by atoms with van der Waals surface area (Å²) in [6.45, 7) is -0.275.